The SMILES string of the molecule is Cc1cc(Cl)ccc1N1C(=O)C(c2ccc(F)cc2)=C(N2CCCC2)C1=O. The van der Waals surface area contributed by atoms with Crippen LogP contribution in [0, 0.1) is 12.7 Å². The number of carbonyl (C=O) groups is 2. The number of amides is 2. The largest absolute Gasteiger partial charge is 0.366 e. The summed E-state index contributed by atoms with van der Waals surface area (Å²) < 4.78 is 13.4. The van der Waals surface area contributed by atoms with E-state index in [1.165, 1.54) is 17.0 Å². The summed E-state index contributed by atoms with van der Waals surface area (Å²) >= 11 is 6.03. The molecule has 0 radical (unpaired) electrons. The molecule has 0 spiro atoms. The molecule has 6 heteroatoms. The lowest BCUT2D eigenvalue weighted by Crippen LogP contribution is -2.35. The second kappa shape index (κ2) is 6.82. The Kier molecular flexibility index (Phi) is 4.48. The normalized spacial score (nSPS) is 17.4. The average Bonchev–Trinajstić information content (AvgIpc) is 3.23. The highest BCUT2D eigenvalue weighted by molar-refractivity contribution is 6.45. The summed E-state index contributed by atoms with van der Waals surface area (Å²) in [4.78, 5) is 29.8. The monoisotopic (exact) mass is 384 g/mol. The van der Waals surface area contributed by atoms with Gasteiger partial charge in [0.05, 0.1) is 11.3 Å². The van der Waals surface area contributed by atoms with Crippen molar-refractivity contribution < 1.29 is 14.0 Å². The molecule has 0 saturated carbocycles. The number of hydrogen-bond acceptors (Lipinski definition) is 3. The Morgan fingerprint density at radius 1 is 0.963 bits per heavy atom. The molecule has 2 aromatic rings. The zero-order valence-electron chi connectivity index (χ0n) is 14.8. The van der Waals surface area contributed by atoms with E-state index in [2.05, 4.69) is 0 Å². The van der Waals surface area contributed by atoms with Crippen molar-refractivity contribution in [3.8, 4) is 0 Å². The van der Waals surface area contributed by atoms with E-state index in [1.54, 1.807) is 30.3 Å². The van der Waals surface area contributed by atoms with E-state index in [9.17, 15) is 14.0 Å². The van der Waals surface area contributed by atoms with Gasteiger partial charge in [0.2, 0.25) is 0 Å². The lowest BCUT2D eigenvalue weighted by molar-refractivity contribution is -0.120. The van der Waals surface area contributed by atoms with Crippen LogP contribution in [0.3, 0.4) is 0 Å². The summed E-state index contributed by atoms with van der Waals surface area (Å²) in [6.07, 6.45) is 1.95. The van der Waals surface area contributed by atoms with E-state index in [0.717, 1.165) is 31.5 Å². The third-order valence-electron chi connectivity index (χ3n) is 5.01. The van der Waals surface area contributed by atoms with Crippen LogP contribution in [0.2, 0.25) is 5.02 Å². The molecule has 2 aliphatic rings. The van der Waals surface area contributed by atoms with Crippen molar-refractivity contribution in [3.63, 3.8) is 0 Å². The van der Waals surface area contributed by atoms with Crippen LogP contribution in [0.25, 0.3) is 5.57 Å². The number of hydrogen-bond donors (Lipinski definition) is 0. The van der Waals surface area contributed by atoms with E-state index in [4.69, 9.17) is 11.6 Å². The molecule has 1 fully saturated rings. The first-order chi connectivity index (χ1) is 13.0. The summed E-state index contributed by atoms with van der Waals surface area (Å²) in [7, 11) is 0. The van der Waals surface area contributed by atoms with Gasteiger partial charge in [0.1, 0.15) is 11.5 Å². The first kappa shape index (κ1) is 17.7. The van der Waals surface area contributed by atoms with Gasteiger partial charge in [-0.05, 0) is 61.2 Å². The summed E-state index contributed by atoms with van der Waals surface area (Å²) in [6.45, 7) is 3.27. The highest BCUT2D eigenvalue weighted by Gasteiger charge is 2.43. The maximum absolute atomic E-state index is 13.4. The number of aryl methyl sites for hydroxylation is 1. The van der Waals surface area contributed by atoms with Crippen LogP contribution in [0.4, 0.5) is 10.1 Å². The Morgan fingerprint density at radius 3 is 2.26 bits per heavy atom. The Morgan fingerprint density at radius 2 is 1.63 bits per heavy atom. The Balaban J connectivity index is 1.85. The minimum Gasteiger partial charge on any atom is -0.366 e. The molecule has 2 aromatic carbocycles. The first-order valence-electron chi connectivity index (χ1n) is 8.87. The molecule has 0 atom stereocenters. The van der Waals surface area contributed by atoms with Gasteiger partial charge in [-0.15, -0.1) is 0 Å². The van der Waals surface area contributed by atoms with Gasteiger partial charge >= 0.3 is 0 Å². The molecule has 27 heavy (non-hydrogen) atoms. The molecule has 2 heterocycles. The molecule has 1 saturated heterocycles. The van der Waals surface area contributed by atoms with Crippen molar-refractivity contribution in [2.75, 3.05) is 18.0 Å². The number of halogens is 2. The van der Waals surface area contributed by atoms with Gasteiger partial charge in [-0.2, -0.15) is 0 Å². The van der Waals surface area contributed by atoms with Gasteiger partial charge in [-0.3, -0.25) is 9.59 Å². The summed E-state index contributed by atoms with van der Waals surface area (Å²) in [6, 6.07) is 10.8. The van der Waals surface area contributed by atoms with Crippen LogP contribution in [0.5, 0.6) is 0 Å². The minimum atomic E-state index is -0.390. The van der Waals surface area contributed by atoms with Gasteiger partial charge in [-0.25, -0.2) is 9.29 Å². The maximum Gasteiger partial charge on any atom is 0.282 e. The smallest absolute Gasteiger partial charge is 0.282 e. The number of benzene rings is 2. The van der Waals surface area contributed by atoms with Crippen molar-refractivity contribution in [2.24, 2.45) is 0 Å². The summed E-state index contributed by atoms with van der Waals surface area (Å²) in [5.74, 6) is -1.12. The number of likely N-dealkylation sites (tertiary alicyclic amines) is 1. The van der Waals surface area contributed by atoms with Crippen molar-refractivity contribution in [1.82, 2.24) is 4.90 Å². The van der Waals surface area contributed by atoms with E-state index in [0.29, 0.717) is 27.5 Å². The predicted molar refractivity (Wildman–Crippen MR) is 103 cm³/mol. The van der Waals surface area contributed by atoms with Crippen molar-refractivity contribution >= 4 is 34.7 Å². The second-order valence-corrected chi connectivity index (χ2v) is 7.24. The van der Waals surface area contributed by atoms with Crippen molar-refractivity contribution in [1.29, 1.82) is 0 Å². The van der Waals surface area contributed by atoms with Crippen LogP contribution in [0.15, 0.2) is 48.2 Å². The van der Waals surface area contributed by atoms with E-state index >= 15 is 0 Å². The molecule has 0 unspecified atom stereocenters. The molecule has 4 nitrogen and oxygen atoms in total. The zero-order chi connectivity index (χ0) is 19.1. The number of imide groups is 1. The van der Waals surface area contributed by atoms with Gasteiger partial charge in [0, 0.05) is 18.1 Å². The fraction of sp³-hybridized carbons (Fsp3) is 0.238. The van der Waals surface area contributed by atoms with Crippen molar-refractivity contribution in [2.45, 2.75) is 19.8 Å². The summed E-state index contributed by atoms with van der Waals surface area (Å²) in [5, 5.41) is 0.543. The van der Waals surface area contributed by atoms with Crippen LogP contribution in [0.1, 0.15) is 24.0 Å². The number of nitrogens with zero attached hydrogens (tertiary/aromatic N) is 2. The van der Waals surface area contributed by atoms with Crippen LogP contribution < -0.4 is 4.90 Å². The second-order valence-electron chi connectivity index (χ2n) is 6.80. The molecular weight excluding hydrogens is 367 g/mol. The highest BCUT2D eigenvalue weighted by Crippen LogP contribution is 2.37. The first-order valence-corrected chi connectivity index (χ1v) is 9.25. The highest BCUT2D eigenvalue weighted by atomic mass is 35.5. The molecule has 0 aliphatic carbocycles. The molecule has 0 N–H and O–H groups in total. The molecule has 2 amide bonds. The lowest BCUT2D eigenvalue weighted by atomic mass is 10.0. The number of rotatable bonds is 3. The Hall–Kier alpha value is -2.66. The topological polar surface area (TPSA) is 40.6 Å². The number of carbonyl (C=O) groups excluding carboxylic acids is 2. The maximum atomic E-state index is 13.4. The molecule has 0 bridgehead atoms. The Bertz CT molecular complexity index is 963. The summed E-state index contributed by atoms with van der Waals surface area (Å²) in [5.41, 5.74) is 2.54. The van der Waals surface area contributed by atoms with Crippen molar-refractivity contribution in [3.05, 3.63) is 70.1 Å². The lowest BCUT2D eigenvalue weighted by Gasteiger charge is -2.21. The van der Waals surface area contributed by atoms with E-state index in [-0.39, 0.29) is 17.6 Å². The number of anilines is 1. The zero-order valence-corrected chi connectivity index (χ0v) is 15.6. The third-order valence-corrected chi connectivity index (χ3v) is 5.25. The van der Waals surface area contributed by atoms with E-state index < -0.39 is 0 Å². The molecule has 2 aliphatic heterocycles. The predicted octanol–water partition coefficient (Wildman–Crippen LogP) is 4.17. The molecule has 138 valence electrons. The van der Waals surface area contributed by atoms with Crippen LogP contribution in [-0.4, -0.2) is 29.8 Å². The molecule has 4 rings (SSSR count). The third kappa shape index (κ3) is 3.02. The Labute approximate surface area is 161 Å². The quantitative estimate of drug-likeness (QED) is 0.746. The fourth-order valence-electron chi connectivity index (χ4n) is 3.72. The molecule has 0 aromatic heterocycles. The average molecular weight is 385 g/mol. The van der Waals surface area contributed by atoms with Gasteiger partial charge < -0.3 is 4.90 Å². The standard InChI is InChI=1S/C21H18ClFN2O2/c1-13-12-15(22)6-9-17(13)25-20(26)18(14-4-7-16(23)8-5-14)19(21(25)27)24-10-2-3-11-24/h4-9,12H,2-3,10-11H2,1H3. The van der Waals surface area contributed by atoms with Crippen LogP contribution >= 0.6 is 11.6 Å². The fourth-order valence-corrected chi connectivity index (χ4v) is 3.94. The van der Waals surface area contributed by atoms with Gasteiger partial charge in [0.25, 0.3) is 11.8 Å². The van der Waals surface area contributed by atoms with Crippen LogP contribution in [-0.2, 0) is 9.59 Å². The van der Waals surface area contributed by atoms with E-state index in [1.807, 2.05) is 11.8 Å². The minimum absolute atomic E-state index is 0.330. The van der Waals surface area contributed by atoms with Gasteiger partial charge in [0.15, 0.2) is 0 Å². The molecular formula is C21H18ClFN2O2. The van der Waals surface area contributed by atoms with Gasteiger partial charge in [-0.1, -0.05) is 23.7 Å².